The molecule has 0 radical (unpaired) electrons. The Labute approximate surface area is 166 Å². The van der Waals surface area contributed by atoms with Crippen LogP contribution in [0.2, 0.25) is 0 Å². The van der Waals surface area contributed by atoms with E-state index in [1.165, 1.54) is 29.2 Å². The summed E-state index contributed by atoms with van der Waals surface area (Å²) in [6.45, 7) is 0.395. The highest BCUT2D eigenvalue weighted by molar-refractivity contribution is 7.92. The first-order valence-corrected chi connectivity index (χ1v) is 10.3. The van der Waals surface area contributed by atoms with E-state index in [-0.39, 0.29) is 16.4 Å². The maximum atomic E-state index is 12.3. The number of hydrogen-bond donors (Lipinski definition) is 2. The largest absolute Gasteiger partial charge is 0.476 e. The van der Waals surface area contributed by atoms with Gasteiger partial charge in [-0.1, -0.05) is 36.4 Å². The van der Waals surface area contributed by atoms with Gasteiger partial charge in [-0.25, -0.2) is 18.2 Å². The summed E-state index contributed by atoms with van der Waals surface area (Å²) in [5.41, 5.74) is 0.625. The minimum atomic E-state index is -3.95. The lowest BCUT2D eigenvalue weighted by Crippen LogP contribution is -2.24. The number of pyridine rings is 1. The highest BCUT2D eigenvalue weighted by Gasteiger charge is 2.23. The summed E-state index contributed by atoms with van der Waals surface area (Å²) in [7, 11) is -3.95. The number of hydrogen-bond acceptors (Lipinski definition) is 6. The molecular weight excluding hydrogens is 396 g/mol. The number of nitrogens with zero attached hydrogens (tertiary/aromatic N) is 3. The number of amides is 1. The molecule has 2 N–H and O–H groups in total. The van der Waals surface area contributed by atoms with Crippen LogP contribution < -0.4 is 5.32 Å². The number of aromatic carboxylic acids is 1. The zero-order valence-electron chi connectivity index (χ0n) is 15.2. The van der Waals surface area contributed by atoms with Crippen molar-refractivity contribution >= 4 is 27.4 Å². The van der Waals surface area contributed by atoms with Gasteiger partial charge in [0, 0.05) is 18.9 Å². The van der Waals surface area contributed by atoms with Crippen molar-refractivity contribution in [3.05, 3.63) is 72.2 Å². The van der Waals surface area contributed by atoms with Crippen molar-refractivity contribution in [3.8, 4) is 0 Å². The standard InChI is InChI=1S/C19H18N4O5S/c24-16(13-29(27,28)17-8-4-5-10-20-17)21-15-12-23(22-18(15)19(25)26)11-9-14-6-2-1-3-7-14/h1-8,10,12H,9,11,13H2,(H,21,24)(H,25,26). The van der Waals surface area contributed by atoms with E-state index in [1.54, 1.807) is 6.07 Å². The quantitative estimate of drug-likeness (QED) is 0.573. The number of carbonyl (C=O) groups is 2. The average Bonchev–Trinajstić information content (AvgIpc) is 3.10. The Hall–Kier alpha value is -3.53. The van der Waals surface area contributed by atoms with E-state index in [0.29, 0.717) is 13.0 Å². The molecule has 0 saturated heterocycles. The molecule has 1 amide bonds. The summed E-state index contributed by atoms with van der Waals surface area (Å²) in [6.07, 6.45) is 3.30. The van der Waals surface area contributed by atoms with Gasteiger partial charge in [0.25, 0.3) is 0 Å². The molecule has 0 aliphatic rings. The van der Waals surface area contributed by atoms with Crippen molar-refractivity contribution in [2.45, 2.75) is 18.0 Å². The van der Waals surface area contributed by atoms with Gasteiger partial charge in [-0.15, -0.1) is 0 Å². The Balaban J connectivity index is 1.71. The van der Waals surface area contributed by atoms with Gasteiger partial charge in [0.1, 0.15) is 5.75 Å². The molecule has 0 spiro atoms. The first-order chi connectivity index (χ1) is 13.8. The van der Waals surface area contributed by atoms with Crippen LogP contribution in [-0.4, -0.2) is 45.9 Å². The first kappa shape index (κ1) is 20.2. The van der Waals surface area contributed by atoms with Crippen molar-refractivity contribution in [3.63, 3.8) is 0 Å². The number of carboxylic acids is 1. The maximum Gasteiger partial charge on any atom is 0.358 e. The predicted octanol–water partition coefficient (Wildman–Crippen LogP) is 1.63. The predicted molar refractivity (Wildman–Crippen MR) is 104 cm³/mol. The van der Waals surface area contributed by atoms with Crippen LogP contribution in [0.25, 0.3) is 0 Å². The number of benzene rings is 1. The Morgan fingerprint density at radius 3 is 2.45 bits per heavy atom. The summed E-state index contributed by atoms with van der Waals surface area (Å²) < 4.78 is 25.9. The summed E-state index contributed by atoms with van der Waals surface area (Å²) in [4.78, 5) is 27.4. The molecule has 0 atom stereocenters. The van der Waals surface area contributed by atoms with E-state index in [1.807, 2.05) is 30.3 Å². The van der Waals surface area contributed by atoms with Crippen LogP contribution in [0.4, 0.5) is 5.69 Å². The lowest BCUT2D eigenvalue weighted by atomic mass is 10.1. The molecule has 0 saturated carbocycles. The van der Waals surface area contributed by atoms with Crippen LogP contribution in [0, 0.1) is 0 Å². The van der Waals surface area contributed by atoms with E-state index < -0.39 is 27.5 Å². The third kappa shape index (κ3) is 5.26. The minimum absolute atomic E-state index is 0.0632. The van der Waals surface area contributed by atoms with Crippen LogP contribution in [0.15, 0.2) is 66.0 Å². The summed E-state index contributed by atoms with van der Waals surface area (Å²) in [5.74, 6) is -3.06. The molecule has 0 bridgehead atoms. The van der Waals surface area contributed by atoms with Gasteiger partial charge in [0.2, 0.25) is 15.7 Å². The van der Waals surface area contributed by atoms with E-state index in [2.05, 4.69) is 15.4 Å². The molecule has 3 aromatic rings. The normalized spacial score (nSPS) is 11.2. The Morgan fingerprint density at radius 2 is 1.79 bits per heavy atom. The van der Waals surface area contributed by atoms with Crippen LogP contribution in [0.5, 0.6) is 0 Å². The second-order valence-electron chi connectivity index (χ2n) is 6.17. The number of anilines is 1. The molecule has 0 unspecified atom stereocenters. The molecule has 0 aliphatic heterocycles. The lowest BCUT2D eigenvalue weighted by molar-refractivity contribution is -0.113. The minimum Gasteiger partial charge on any atom is -0.476 e. The van der Waals surface area contributed by atoms with Crippen LogP contribution in [0.1, 0.15) is 16.1 Å². The topological polar surface area (TPSA) is 131 Å². The zero-order valence-corrected chi connectivity index (χ0v) is 16.0. The van der Waals surface area contributed by atoms with E-state index in [4.69, 9.17) is 0 Å². The third-order valence-corrected chi connectivity index (χ3v) is 5.51. The van der Waals surface area contributed by atoms with E-state index >= 15 is 0 Å². The molecule has 3 rings (SSSR count). The number of carboxylic acid groups (broad SMARTS) is 1. The number of rotatable bonds is 8. The molecular formula is C19H18N4O5S. The van der Waals surface area contributed by atoms with Crippen molar-refractivity contribution < 1.29 is 23.1 Å². The first-order valence-electron chi connectivity index (χ1n) is 8.63. The van der Waals surface area contributed by atoms with Gasteiger partial charge in [0.05, 0.1) is 5.69 Å². The van der Waals surface area contributed by atoms with E-state index in [0.717, 1.165) is 5.56 Å². The third-order valence-electron chi connectivity index (χ3n) is 3.99. The lowest BCUT2D eigenvalue weighted by Gasteiger charge is -2.05. The molecule has 9 nitrogen and oxygen atoms in total. The highest BCUT2D eigenvalue weighted by atomic mass is 32.2. The van der Waals surface area contributed by atoms with Crippen molar-refractivity contribution in [1.29, 1.82) is 0 Å². The molecule has 0 fully saturated rings. The molecule has 29 heavy (non-hydrogen) atoms. The molecule has 1 aromatic carbocycles. The SMILES string of the molecule is O=C(CS(=O)(=O)c1ccccn1)Nc1cn(CCc2ccccc2)nc1C(=O)O. The monoisotopic (exact) mass is 414 g/mol. The van der Waals surface area contributed by atoms with Gasteiger partial charge in [-0.2, -0.15) is 5.10 Å². The molecule has 150 valence electrons. The molecule has 10 heteroatoms. The maximum absolute atomic E-state index is 12.3. The summed E-state index contributed by atoms with van der Waals surface area (Å²) in [6, 6.07) is 13.9. The number of nitrogens with one attached hydrogen (secondary N) is 1. The van der Waals surface area contributed by atoms with Gasteiger partial charge in [-0.05, 0) is 24.1 Å². The van der Waals surface area contributed by atoms with Gasteiger partial charge in [-0.3, -0.25) is 9.48 Å². The fourth-order valence-corrected chi connectivity index (χ4v) is 3.71. The average molecular weight is 414 g/mol. The van der Waals surface area contributed by atoms with Crippen LogP contribution >= 0.6 is 0 Å². The van der Waals surface area contributed by atoms with Gasteiger partial charge < -0.3 is 10.4 Å². The fraction of sp³-hybridized carbons (Fsp3) is 0.158. The smallest absolute Gasteiger partial charge is 0.358 e. The molecule has 2 heterocycles. The number of sulfone groups is 1. The Bertz CT molecular complexity index is 1110. The molecule has 2 aromatic heterocycles. The van der Waals surface area contributed by atoms with Crippen molar-refractivity contribution in [1.82, 2.24) is 14.8 Å². The van der Waals surface area contributed by atoms with Crippen molar-refractivity contribution in [2.24, 2.45) is 0 Å². The van der Waals surface area contributed by atoms with Crippen molar-refractivity contribution in [2.75, 3.05) is 11.1 Å². The number of aryl methyl sites for hydroxylation is 2. The van der Waals surface area contributed by atoms with E-state index in [9.17, 15) is 23.1 Å². The van der Waals surface area contributed by atoms with Crippen LogP contribution in [0.3, 0.4) is 0 Å². The zero-order chi connectivity index (χ0) is 20.9. The Kier molecular flexibility index (Phi) is 6.03. The second-order valence-corrected chi connectivity index (χ2v) is 8.11. The number of carbonyl (C=O) groups excluding carboxylic acids is 1. The summed E-state index contributed by atoms with van der Waals surface area (Å²) in [5, 5.41) is 15.4. The second kappa shape index (κ2) is 8.65. The van der Waals surface area contributed by atoms with Crippen LogP contribution in [-0.2, 0) is 27.6 Å². The fourth-order valence-electron chi connectivity index (χ4n) is 2.64. The Morgan fingerprint density at radius 1 is 1.07 bits per heavy atom. The van der Waals surface area contributed by atoms with Gasteiger partial charge in [0.15, 0.2) is 10.7 Å². The van der Waals surface area contributed by atoms with Gasteiger partial charge >= 0.3 is 5.97 Å². The summed E-state index contributed by atoms with van der Waals surface area (Å²) >= 11 is 0. The highest BCUT2D eigenvalue weighted by Crippen LogP contribution is 2.16. The molecule has 0 aliphatic carbocycles. The number of aromatic nitrogens is 3.